The van der Waals surface area contributed by atoms with E-state index >= 15 is 0 Å². The maximum Gasteiger partial charge on any atom is 0.287 e. The molecule has 1 saturated carbocycles. The van der Waals surface area contributed by atoms with Gasteiger partial charge in [0.25, 0.3) is 6.73 Å². The molecule has 1 heterocycles. The van der Waals surface area contributed by atoms with Crippen molar-refractivity contribution in [1.82, 2.24) is 0 Å². The van der Waals surface area contributed by atoms with Crippen molar-refractivity contribution in [3.05, 3.63) is 23.8 Å². The first-order valence-corrected chi connectivity index (χ1v) is 7.19. The quantitative estimate of drug-likeness (QED) is 0.762. The number of rotatable bonds is 2. The molecule has 1 aromatic carbocycles. The fourth-order valence-corrected chi connectivity index (χ4v) is 3.23. The van der Waals surface area contributed by atoms with E-state index in [1.807, 2.05) is 12.1 Å². The van der Waals surface area contributed by atoms with Gasteiger partial charge in [-0.2, -0.15) is 4.58 Å². The molecule has 3 rings (SSSR count). The van der Waals surface area contributed by atoms with Crippen molar-refractivity contribution in [2.45, 2.75) is 38.6 Å². The van der Waals surface area contributed by atoms with Gasteiger partial charge in [0.05, 0.1) is 12.7 Å². The van der Waals surface area contributed by atoms with Crippen LogP contribution in [0.1, 0.15) is 38.2 Å². The van der Waals surface area contributed by atoms with Crippen molar-refractivity contribution in [2.24, 2.45) is 5.92 Å². The Morgan fingerprint density at radius 3 is 2.89 bits per heavy atom. The molecule has 2 atom stereocenters. The van der Waals surface area contributed by atoms with E-state index in [4.69, 9.17) is 9.47 Å². The average molecular weight is 260 g/mol. The number of nitrogens with zero attached hydrogens (tertiary/aromatic N) is 1. The third-order valence-corrected chi connectivity index (χ3v) is 4.38. The van der Waals surface area contributed by atoms with Gasteiger partial charge in [0.15, 0.2) is 12.3 Å². The number of benzene rings is 1. The van der Waals surface area contributed by atoms with Crippen LogP contribution in [0.15, 0.2) is 18.2 Å². The predicted molar refractivity (Wildman–Crippen MR) is 75.3 cm³/mol. The van der Waals surface area contributed by atoms with Crippen LogP contribution in [0.25, 0.3) is 0 Å². The lowest BCUT2D eigenvalue weighted by molar-refractivity contribution is -0.601. The lowest BCUT2D eigenvalue weighted by Crippen LogP contribution is -2.39. The van der Waals surface area contributed by atoms with E-state index < -0.39 is 0 Å². The van der Waals surface area contributed by atoms with Crippen LogP contribution in [0, 0.1) is 5.92 Å². The molecular weight excluding hydrogens is 238 g/mol. The van der Waals surface area contributed by atoms with Crippen LogP contribution in [0.4, 0.5) is 0 Å². The molecule has 0 N–H and O–H groups in total. The molecule has 1 aromatic rings. The summed E-state index contributed by atoms with van der Waals surface area (Å²) in [7, 11) is 1.70. The fraction of sp³-hybridized carbons (Fsp3) is 0.562. The second-order valence-corrected chi connectivity index (χ2v) is 5.65. The summed E-state index contributed by atoms with van der Waals surface area (Å²) in [6.07, 6.45) is 7.56. The van der Waals surface area contributed by atoms with E-state index in [0.717, 1.165) is 23.0 Å². The van der Waals surface area contributed by atoms with Gasteiger partial charge in [0.2, 0.25) is 0 Å². The van der Waals surface area contributed by atoms with Crippen LogP contribution in [-0.4, -0.2) is 30.7 Å². The van der Waals surface area contributed by atoms with Gasteiger partial charge in [-0.3, -0.25) is 0 Å². The van der Waals surface area contributed by atoms with Gasteiger partial charge in [-0.15, -0.1) is 0 Å². The topological polar surface area (TPSA) is 21.5 Å². The van der Waals surface area contributed by atoms with Gasteiger partial charge in [0.1, 0.15) is 11.5 Å². The molecule has 102 valence electrons. The average Bonchev–Trinajstić information content (AvgIpc) is 2.46. The standard InChI is InChI=1S/C16H22NO2/c1-12-5-3-4-6-15(12)17-10-13-9-14(18-2)7-8-16(13)19-11-17/h7-10,12,15H,3-6,11H2,1-2H3/q+1. The van der Waals surface area contributed by atoms with Crippen LogP contribution < -0.4 is 9.47 Å². The third-order valence-electron chi connectivity index (χ3n) is 4.38. The van der Waals surface area contributed by atoms with E-state index in [1.165, 1.54) is 25.7 Å². The molecule has 0 spiro atoms. The Balaban J connectivity index is 1.89. The Hall–Kier alpha value is -1.51. The largest absolute Gasteiger partial charge is 0.497 e. The van der Waals surface area contributed by atoms with E-state index in [1.54, 1.807) is 7.11 Å². The molecule has 1 aliphatic carbocycles. The number of ether oxygens (including phenoxy) is 2. The summed E-state index contributed by atoms with van der Waals surface area (Å²) in [6, 6.07) is 6.61. The maximum absolute atomic E-state index is 5.88. The van der Waals surface area contributed by atoms with Gasteiger partial charge >= 0.3 is 0 Å². The fourth-order valence-electron chi connectivity index (χ4n) is 3.23. The molecule has 0 bridgehead atoms. The zero-order chi connectivity index (χ0) is 13.2. The minimum Gasteiger partial charge on any atom is -0.497 e. The molecule has 3 nitrogen and oxygen atoms in total. The highest BCUT2D eigenvalue weighted by Crippen LogP contribution is 2.29. The Labute approximate surface area is 114 Å². The summed E-state index contributed by atoms with van der Waals surface area (Å²) < 4.78 is 13.5. The Kier molecular flexibility index (Phi) is 3.45. The van der Waals surface area contributed by atoms with E-state index in [2.05, 4.69) is 23.8 Å². The first kappa shape index (κ1) is 12.5. The van der Waals surface area contributed by atoms with Gasteiger partial charge in [0, 0.05) is 12.3 Å². The van der Waals surface area contributed by atoms with Crippen molar-refractivity contribution in [3.8, 4) is 11.5 Å². The second kappa shape index (κ2) is 5.24. The molecular formula is C16H22NO2+. The van der Waals surface area contributed by atoms with Crippen molar-refractivity contribution >= 4 is 6.21 Å². The van der Waals surface area contributed by atoms with Crippen LogP contribution in [-0.2, 0) is 0 Å². The smallest absolute Gasteiger partial charge is 0.287 e. The molecule has 2 unspecified atom stereocenters. The SMILES string of the molecule is COc1ccc2c(c1)C=[N+](C1CCCCC1C)CO2. The molecule has 3 heteroatoms. The van der Waals surface area contributed by atoms with E-state index in [-0.39, 0.29) is 0 Å². The highest BCUT2D eigenvalue weighted by atomic mass is 16.5. The number of hydrogen-bond donors (Lipinski definition) is 0. The number of methoxy groups -OCH3 is 1. The van der Waals surface area contributed by atoms with Gasteiger partial charge in [-0.25, -0.2) is 0 Å². The monoisotopic (exact) mass is 260 g/mol. The second-order valence-electron chi connectivity index (χ2n) is 5.65. The van der Waals surface area contributed by atoms with Crippen molar-refractivity contribution < 1.29 is 14.0 Å². The molecule has 1 aliphatic heterocycles. The predicted octanol–water partition coefficient (Wildman–Crippen LogP) is 3.06. The van der Waals surface area contributed by atoms with Gasteiger partial charge < -0.3 is 9.47 Å². The summed E-state index contributed by atoms with van der Waals surface area (Å²) in [6.45, 7) is 3.03. The Morgan fingerprint density at radius 2 is 2.11 bits per heavy atom. The maximum atomic E-state index is 5.88. The van der Waals surface area contributed by atoms with Crippen molar-refractivity contribution in [2.75, 3.05) is 13.8 Å². The summed E-state index contributed by atoms with van der Waals surface area (Å²) in [5.41, 5.74) is 1.13. The molecule has 19 heavy (non-hydrogen) atoms. The number of hydrogen-bond acceptors (Lipinski definition) is 2. The van der Waals surface area contributed by atoms with Crippen LogP contribution in [0.2, 0.25) is 0 Å². The molecule has 1 fully saturated rings. The molecule has 0 saturated heterocycles. The normalized spacial score (nSPS) is 26.1. The van der Waals surface area contributed by atoms with Crippen molar-refractivity contribution in [1.29, 1.82) is 0 Å². The van der Waals surface area contributed by atoms with Crippen LogP contribution in [0.3, 0.4) is 0 Å². The molecule has 0 aromatic heterocycles. The zero-order valence-corrected chi connectivity index (χ0v) is 11.8. The van der Waals surface area contributed by atoms with Crippen LogP contribution >= 0.6 is 0 Å². The summed E-state index contributed by atoms with van der Waals surface area (Å²) in [5, 5.41) is 0. The lowest BCUT2D eigenvalue weighted by atomic mass is 9.85. The summed E-state index contributed by atoms with van der Waals surface area (Å²) in [4.78, 5) is 0. The first-order chi connectivity index (χ1) is 9.28. The zero-order valence-electron chi connectivity index (χ0n) is 11.8. The van der Waals surface area contributed by atoms with Gasteiger partial charge in [-0.1, -0.05) is 13.3 Å². The van der Waals surface area contributed by atoms with Crippen LogP contribution in [0.5, 0.6) is 11.5 Å². The molecule has 0 radical (unpaired) electrons. The highest BCUT2D eigenvalue weighted by molar-refractivity contribution is 5.81. The van der Waals surface area contributed by atoms with E-state index in [0.29, 0.717) is 12.8 Å². The molecule has 0 amide bonds. The summed E-state index contributed by atoms with van der Waals surface area (Å²) in [5.74, 6) is 2.60. The first-order valence-electron chi connectivity index (χ1n) is 7.19. The van der Waals surface area contributed by atoms with E-state index in [9.17, 15) is 0 Å². The lowest BCUT2D eigenvalue weighted by Gasteiger charge is -2.28. The minimum atomic E-state index is 0.619. The minimum absolute atomic E-state index is 0.619. The van der Waals surface area contributed by atoms with Crippen molar-refractivity contribution in [3.63, 3.8) is 0 Å². The summed E-state index contributed by atoms with van der Waals surface area (Å²) >= 11 is 0. The Morgan fingerprint density at radius 1 is 1.26 bits per heavy atom. The van der Waals surface area contributed by atoms with Gasteiger partial charge in [-0.05, 0) is 31.0 Å². The number of fused-ring (bicyclic) bond motifs is 1. The Bertz CT molecular complexity index is 496. The molecule has 2 aliphatic rings. The third kappa shape index (κ3) is 2.46. The highest BCUT2D eigenvalue weighted by Gasteiger charge is 2.32.